The second-order valence-electron chi connectivity index (χ2n) is 8.71. The highest BCUT2D eigenvalue weighted by Crippen LogP contribution is 2.33. The maximum absolute atomic E-state index is 12.7. The number of likely N-dealkylation sites (tertiary alicyclic amines) is 1. The van der Waals surface area contributed by atoms with E-state index in [1.807, 2.05) is 72.8 Å². The molecule has 1 aliphatic rings. The first-order chi connectivity index (χ1) is 17.1. The van der Waals surface area contributed by atoms with Crippen molar-refractivity contribution in [1.82, 2.24) is 15.5 Å². The zero-order valence-electron chi connectivity index (χ0n) is 20.0. The van der Waals surface area contributed by atoms with E-state index in [1.54, 1.807) is 12.0 Å². The van der Waals surface area contributed by atoms with Crippen LogP contribution in [-0.4, -0.2) is 42.7 Å². The number of para-hydroxylation sites is 1. The molecule has 184 valence electrons. The molecule has 3 N–H and O–H groups in total. The minimum atomic E-state index is -0.947. The number of hydrogen-bond donors (Lipinski definition) is 3. The Morgan fingerprint density at radius 1 is 0.971 bits per heavy atom. The van der Waals surface area contributed by atoms with E-state index in [0.29, 0.717) is 32.5 Å². The second-order valence-corrected chi connectivity index (χ2v) is 8.71. The van der Waals surface area contributed by atoms with Crippen molar-refractivity contribution in [2.75, 3.05) is 20.2 Å². The van der Waals surface area contributed by atoms with Gasteiger partial charge in [-0.1, -0.05) is 78.9 Å². The molecule has 1 saturated heterocycles. The van der Waals surface area contributed by atoms with Gasteiger partial charge in [-0.2, -0.15) is 0 Å². The number of aliphatic hydroxyl groups is 1. The maximum atomic E-state index is 12.7. The van der Waals surface area contributed by atoms with Crippen LogP contribution in [0.15, 0.2) is 84.9 Å². The zero-order chi connectivity index (χ0) is 24.5. The Bertz CT molecular complexity index is 1070. The predicted molar refractivity (Wildman–Crippen MR) is 135 cm³/mol. The summed E-state index contributed by atoms with van der Waals surface area (Å²) in [4.78, 5) is 14.4. The average molecular weight is 476 g/mol. The molecule has 1 heterocycles. The first-order valence-corrected chi connectivity index (χ1v) is 11.9. The summed E-state index contributed by atoms with van der Waals surface area (Å²) >= 11 is 0. The number of nitrogens with one attached hydrogen (secondary N) is 2. The number of carbonyl (C=O) groups excluding carboxylic acids is 1. The van der Waals surface area contributed by atoms with Gasteiger partial charge in [-0.05, 0) is 30.0 Å². The van der Waals surface area contributed by atoms with Gasteiger partial charge in [0, 0.05) is 25.2 Å². The minimum Gasteiger partial charge on any atom is -0.496 e. The van der Waals surface area contributed by atoms with Crippen molar-refractivity contribution in [3.05, 3.63) is 102 Å². The van der Waals surface area contributed by atoms with Crippen LogP contribution in [0.1, 0.15) is 29.5 Å². The molecule has 7 nitrogen and oxygen atoms in total. The van der Waals surface area contributed by atoms with Crippen molar-refractivity contribution in [2.24, 2.45) is 0 Å². The molecule has 0 aliphatic carbocycles. The third kappa shape index (κ3) is 6.39. The highest BCUT2D eigenvalue weighted by Gasteiger charge is 2.39. The number of piperidine rings is 1. The van der Waals surface area contributed by atoms with Crippen LogP contribution in [0.25, 0.3) is 0 Å². The lowest BCUT2D eigenvalue weighted by atomic mass is 9.81. The van der Waals surface area contributed by atoms with Crippen LogP contribution < -0.4 is 15.4 Å². The molecule has 0 aromatic heterocycles. The first kappa shape index (κ1) is 24.7. The monoisotopic (exact) mass is 475 g/mol. The van der Waals surface area contributed by atoms with Crippen LogP contribution in [0.4, 0.5) is 4.79 Å². The van der Waals surface area contributed by atoms with Crippen LogP contribution in [-0.2, 0) is 23.4 Å². The number of rotatable bonds is 9. The fraction of sp³-hybridized carbons (Fsp3) is 0.321. The smallest absolute Gasteiger partial charge is 0.410 e. The Hall–Kier alpha value is -3.39. The number of benzene rings is 3. The molecule has 4 rings (SSSR count). The molecule has 1 fully saturated rings. The minimum absolute atomic E-state index is 0.254. The van der Waals surface area contributed by atoms with Crippen LogP contribution in [0.3, 0.4) is 0 Å². The third-order valence-electron chi connectivity index (χ3n) is 6.50. The van der Waals surface area contributed by atoms with E-state index in [4.69, 9.17) is 9.47 Å². The van der Waals surface area contributed by atoms with E-state index in [2.05, 4.69) is 22.8 Å². The fourth-order valence-electron chi connectivity index (χ4n) is 4.52. The van der Waals surface area contributed by atoms with Gasteiger partial charge in [0.05, 0.1) is 12.6 Å². The Morgan fingerprint density at radius 3 is 2.29 bits per heavy atom. The molecule has 7 heteroatoms. The summed E-state index contributed by atoms with van der Waals surface area (Å²) in [5.41, 5.74) is 2.52. The largest absolute Gasteiger partial charge is 0.496 e. The number of aliphatic hydroxyl groups excluding tert-OH is 1. The van der Waals surface area contributed by atoms with Crippen molar-refractivity contribution in [3.63, 3.8) is 0 Å². The summed E-state index contributed by atoms with van der Waals surface area (Å²) in [5, 5.41) is 17.4. The van der Waals surface area contributed by atoms with Gasteiger partial charge in [0.25, 0.3) is 0 Å². The summed E-state index contributed by atoms with van der Waals surface area (Å²) in [6.07, 6.45) is 0.0254. The Balaban J connectivity index is 1.38. The van der Waals surface area contributed by atoms with Gasteiger partial charge in [-0.3, -0.25) is 10.6 Å². The molecule has 0 spiro atoms. The molecule has 1 atom stereocenters. The van der Waals surface area contributed by atoms with Crippen molar-refractivity contribution in [3.8, 4) is 5.75 Å². The van der Waals surface area contributed by atoms with Crippen molar-refractivity contribution in [2.45, 2.75) is 37.9 Å². The number of carbonyl (C=O) groups is 1. The van der Waals surface area contributed by atoms with Gasteiger partial charge in [-0.25, -0.2) is 4.79 Å². The molecule has 0 bridgehead atoms. The number of methoxy groups -OCH3 is 1. The molecule has 1 amide bonds. The van der Waals surface area contributed by atoms with Crippen LogP contribution >= 0.6 is 0 Å². The van der Waals surface area contributed by atoms with Gasteiger partial charge < -0.3 is 19.5 Å². The topological polar surface area (TPSA) is 83.1 Å². The number of nitrogens with zero attached hydrogens (tertiary/aromatic N) is 1. The van der Waals surface area contributed by atoms with Crippen LogP contribution in [0.2, 0.25) is 0 Å². The quantitative estimate of drug-likeness (QED) is 0.406. The van der Waals surface area contributed by atoms with Crippen LogP contribution in [0, 0.1) is 0 Å². The molecular weight excluding hydrogens is 442 g/mol. The van der Waals surface area contributed by atoms with Crippen molar-refractivity contribution >= 4 is 6.09 Å². The molecule has 0 saturated carbocycles. The molecular formula is C28H33N3O4. The van der Waals surface area contributed by atoms with E-state index in [9.17, 15) is 9.90 Å². The van der Waals surface area contributed by atoms with Crippen molar-refractivity contribution < 1.29 is 19.4 Å². The van der Waals surface area contributed by atoms with E-state index in [1.165, 1.54) is 0 Å². The number of amides is 1. The summed E-state index contributed by atoms with van der Waals surface area (Å²) in [5.74, 6) is 0.771. The molecule has 3 aromatic carbocycles. The number of ether oxygens (including phenoxy) is 2. The SMILES string of the molecule is COc1ccccc1CNC(O)NC1(c2ccccc2)CCN(C(=O)OCc2ccccc2)CC1. The summed E-state index contributed by atoms with van der Waals surface area (Å²) in [7, 11) is 1.64. The van der Waals surface area contributed by atoms with Gasteiger partial charge >= 0.3 is 6.09 Å². The fourth-order valence-corrected chi connectivity index (χ4v) is 4.52. The van der Waals surface area contributed by atoms with E-state index >= 15 is 0 Å². The molecule has 1 aliphatic heterocycles. The molecule has 0 radical (unpaired) electrons. The van der Waals surface area contributed by atoms with E-state index < -0.39 is 11.9 Å². The van der Waals surface area contributed by atoms with Crippen molar-refractivity contribution in [1.29, 1.82) is 0 Å². The normalized spacial score (nSPS) is 15.9. The highest BCUT2D eigenvalue weighted by molar-refractivity contribution is 5.67. The maximum Gasteiger partial charge on any atom is 0.410 e. The molecule has 1 unspecified atom stereocenters. The molecule has 3 aromatic rings. The van der Waals surface area contributed by atoms with Gasteiger partial charge in [-0.15, -0.1) is 0 Å². The Kier molecular flexibility index (Phi) is 8.36. The first-order valence-electron chi connectivity index (χ1n) is 11.9. The average Bonchev–Trinajstić information content (AvgIpc) is 2.92. The summed E-state index contributed by atoms with van der Waals surface area (Å²) in [6, 6.07) is 27.5. The zero-order valence-corrected chi connectivity index (χ0v) is 20.0. The lowest BCUT2D eigenvalue weighted by Crippen LogP contribution is -2.58. The third-order valence-corrected chi connectivity index (χ3v) is 6.50. The number of hydrogen-bond acceptors (Lipinski definition) is 6. The Labute approximate surface area is 206 Å². The van der Waals surface area contributed by atoms with Gasteiger partial charge in [0.2, 0.25) is 0 Å². The lowest BCUT2D eigenvalue weighted by Gasteiger charge is -2.43. The van der Waals surface area contributed by atoms with E-state index in [0.717, 1.165) is 22.4 Å². The van der Waals surface area contributed by atoms with Gasteiger partial charge in [0.15, 0.2) is 6.35 Å². The second kappa shape index (κ2) is 11.8. The standard InChI is InChI=1S/C28H33N3O4/c1-34-25-15-9-8-12-23(25)20-29-26(32)30-28(24-13-6-3-7-14-24)16-18-31(19-17-28)27(33)35-21-22-10-4-2-5-11-22/h2-15,26,29-30,32H,16-21H2,1H3. The summed E-state index contributed by atoms with van der Waals surface area (Å²) in [6.45, 7) is 1.74. The highest BCUT2D eigenvalue weighted by atomic mass is 16.6. The lowest BCUT2D eigenvalue weighted by molar-refractivity contribution is 0.0246. The molecule has 35 heavy (non-hydrogen) atoms. The van der Waals surface area contributed by atoms with E-state index in [-0.39, 0.29) is 12.7 Å². The summed E-state index contributed by atoms with van der Waals surface area (Å²) < 4.78 is 10.9. The predicted octanol–water partition coefficient (Wildman–Crippen LogP) is 3.98. The van der Waals surface area contributed by atoms with Crippen LogP contribution in [0.5, 0.6) is 5.75 Å². The Morgan fingerprint density at radius 2 is 1.60 bits per heavy atom. The van der Waals surface area contributed by atoms with Gasteiger partial charge in [0.1, 0.15) is 12.4 Å².